The number of para-hydroxylation sites is 1. The molecule has 2 fully saturated rings. The molecule has 2 N–H and O–H groups in total. The fourth-order valence-corrected chi connectivity index (χ4v) is 8.15. The number of amides is 2. The molecule has 8 rings (SSSR count). The summed E-state index contributed by atoms with van der Waals surface area (Å²) in [5.74, 6) is -1.20. The number of benzene rings is 4. The van der Waals surface area contributed by atoms with Crippen LogP contribution in [0.2, 0.25) is 0 Å². The first-order chi connectivity index (χ1) is 25.0. The number of carbonyl (C=O) groups is 2. The van der Waals surface area contributed by atoms with Crippen LogP contribution in [0.25, 0.3) is 22.4 Å². The third-order valence-electron chi connectivity index (χ3n) is 10.4. The van der Waals surface area contributed by atoms with E-state index in [1.54, 1.807) is 19.4 Å². The number of hydrogen-bond acceptors (Lipinski definition) is 7. The van der Waals surface area contributed by atoms with Crippen molar-refractivity contribution in [1.82, 2.24) is 4.98 Å². The highest BCUT2D eigenvalue weighted by Gasteiger charge is 2.57. The highest BCUT2D eigenvalue weighted by Crippen LogP contribution is 2.51. The van der Waals surface area contributed by atoms with Crippen molar-refractivity contribution >= 4 is 51.3 Å². The van der Waals surface area contributed by atoms with E-state index in [1.807, 2.05) is 103 Å². The van der Waals surface area contributed by atoms with E-state index in [-0.39, 0.29) is 29.6 Å². The average Bonchev–Trinajstić information content (AvgIpc) is 3.70. The third-order valence-corrected chi connectivity index (χ3v) is 10.4. The topological polar surface area (TPSA) is 101 Å². The molecule has 5 aromatic rings. The van der Waals surface area contributed by atoms with Gasteiger partial charge in [-0.15, -0.1) is 0 Å². The van der Waals surface area contributed by atoms with Crippen molar-refractivity contribution in [1.29, 1.82) is 0 Å². The van der Waals surface area contributed by atoms with Gasteiger partial charge in [-0.3, -0.25) is 19.5 Å². The number of imide groups is 1. The third kappa shape index (κ3) is 6.22. The highest BCUT2D eigenvalue weighted by atomic mass is 16.5. The van der Waals surface area contributed by atoms with Crippen LogP contribution < -0.4 is 10.2 Å². The van der Waals surface area contributed by atoms with Gasteiger partial charge in [0.1, 0.15) is 5.75 Å². The molecule has 2 saturated heterocycles. The van der Waals surface area contributed by atoms with Crippen LogP contribution in [0.4, 0.5) is 17.1 Å². The SMILES string of the molecule is COCC1=C2[C@@H](CC/C(=C/c3ccc(O)c4ccccc34)c3ccccn3)OC[C@@H]2[C@@H]2C(=O)N(c3ccc(Nc4ccccc4)cc3)C(=O)[C@@H]2C1. The summed E-state index contributed by atoms with van der Waals surface area (Å²) < 4.78 is 12.2. The molecule has 0 bridgehead atoms. The minimum absolute atomic E-state index is 0.161. The predicted molar refractivity (Wildman–Crippen MR) is 199 cm³/mol. The van der Waals surface area contributed by atoms with Gasteiger partial charge in [-0.25, -0.2) is 0 Å². The van der Waals surface area contributed by atoms with Gasteiger partial charge in [0.25, 0.3) is 0 Å². The van der Waals surface area contributed by atoms with Gasteiger partial charge in [0.15, 0.2) is 0 Å². The van der Waals surface area contributed by atoms with Crippen molar-refractivity contribution < 1.29 is 24.2 Å². The van der Waals surface area contributed by atoms with Crippen LogP contribution in [-0.2, 0) is 19.1 Å². The lowest BCUT2D eigenvalue weighted by Gasteiger charge is -2.31. The normalized spacial score (nSPS) is 21.7. The molecule has 0 radical (unpaired) electrons. The van der Waals surface area contributed by atoms with E-state index in [9.17, 15) is 14.7 Å². The van der Waals surface area contributed by atoms with E-state index >= 15 is 0 Å². The van der Waals surface area contributed by atoms with Crippen LogP contribution >= 0.6 is 0 Å². The smallest absolute Gasteiger partial charge is 0.238 e. The Morgan fingerprint density at radius 2 is 1.63 bits per heavy atom. The van der Waals surface area contributed by atoms with E-state index in [2.05, 4.69) is 16.4 Å². The van der Waals surface area contributed by atoms with Gasteiger partial charge < -0.3 is 19.9 Å². The number of carbonyl (C=O) groups excluding carboxylic acids is 2. The molecule has 4 aromatic carbocycles. The van der Waals surface area contributed by atoms with Gasteiger partial charge in [-0.05, 0) is 108 Å². The first kappa shape index (κ1) is 32.6. The summed E-state index contributed by atoms with van der Waals surface area (Å²) in [5.41, 5.74) is 7.49. The van der Waals surface area contributed by atoms with Crippen LogP contribution in [0.3, 0.4) is 0 Å². The van der Waals surface area contributed by atoms with Crippen LogP contribution in [0.1, 0.15) is 30.5 Å². The van der Waals surface area contributed by atoms with Crippen molar-refractivity contribution in [2.75, 3.05) is 30.5 Å². The van der Waals surface area contributed by atoms with Crippen molar-refractivity contribution in [3.63, 3.8) is 0 Å². The predicted octanol–water partition coefficient (Wildman–Crippen LogP) is 8.17. The molecule has 2 aliphatic heterocycles. The van der Waals surface area contributed by atoms with Gasteiger partial charge in [0, 0.05) is 36.0 Å². The maximum Gasteiger partial charge on any atom is 0.238 e. The van der Waals surface area contributed by atoms with E-state index in [0.29, 0.717) is 38.2 Å². The lowest BCUT2D eigenvalue weighted by atomic mass is 9.69. The Morgan fingerprint density at radius 3 is 2.39 bits per heavy atom. The number of phenols is 1. The number of pyridine rings is 1. The number of phenolic OH excluding ortho intramolecular Hbond substituents is 1. The summed E-state index contributed by atoms with van der Waals surface area (Å²) in [6, 6.07) is 34.7. The minimum atomic E-state index is -0.477. The Kier molecular flexibility index (Phi) is 8.94. The van der Waals surface area contributed by atoms with Crippen LogP contribution in [0, 0.1) is 17.8 Å². The zero-order chi connectivity index (χ0) is 34.9. The molecule has 0 spiro atoms. The maximum absolute atomic E-state index is 14.2. The molecule has 1 aromatic heterocycles. The summed E-state index contributed by atoms with van der Waals surface area (Å²) >= 11 is 0. The molecular formula is C43H39N3O5. The number of fused-ring (bicyclic) bond motifs is 4. The zero-order valence-electron chi connectivity index (χ0n) is 28.4. The lowest BCUT2D eigenvalue weighted by molar-refractivity contribution is -0.122. The highest BCUT2D eigenvalue weighted by molar-refractivity contribution is 6.22. The second-order valence-electron chi connectivity index (χ2n) is 13.4. The van der Waals surface area contributed by atoms with Crippen molar-refractivity contribution in [3.05, 3.63) is 138 Å². The summed E-state index contributed by atoms with van der Waals surface area (Å²) in [7, 11) is 1.67. The molecule has 0 unspecified atom stereocenters. The average molecular weight is 678 g/mol. The fourth-order valence-electron chi connectivity index (χ4n) is 8.15. The van der Waals surface area contributed by atoms with E-state index in [1.165, 1.54) is 4.90 Å². The van der Waals surface area contributed by atoms with Crippen LogP contribution in [0.15, 0.2) is 127 Å². The van der Waals surface area contributed by atoms with Crippen molar-refractivity contribution in [2.45, 2.75) is 25.4 Å². The van der Waals surface area contributed by atoms with Gasteiger partial charge in [-0.1, -0.05) is 54.6 Å². The number of methoxy groups -OCH3 is 1. The Bertz CT molecular complexity index is 2150. The summed E-state index contributed by atoms with van der Waals surface area (Å²) in [4.78, 5) is 34.2. The van der Waals surface area contributed by atoms with E-state index < -0.39 is 11.8 Å². The Morgan fingerprint density at radius 1 is 0.882 bits per heavy atom. The van der Waals surface area contributed by atoms with E-state index in [4.69, 9.17) is 9.47 Å². The number of aromatic hydroxyl groups is 1. The number of allylic oxidation sites excluding steroid dienone is 1. The number of nitrogens with one attached hydrogen (secondary N) is 1. The monoisotopic (exact) mass is 677 g/mol. The van der Waals surface area contributed by atoms with Gasteiger partial charge in [0.05, 0.1) is 42.5 Å². The number of ether oxygens (including phenoxy) is 2. The second-order valence-corrected chi connectivity index (χ2v) is 13.4. The summed E-state index contributed by atoms with van der Waals surface area (Å²) in [6.07, 6.45) is 5.55. The molecule has 8 nitrogen and oxygen atoms in total. The van der Waals surface area contributed by atoms with Gasteiger partial charge in [-0.2, -0.15) is 0 Å². The Labute approximate surface area is 297 Å². The summed E-state index contributed by atoms with van der Waals surface area (Å²) in [5, 5.41) is 15.6. The molecule has 4 atom stereocenters. The number of anilines is 3. The second kappa shape index (κ2) is 14.0. The molecule has 2 amide bonds. The number of hydrogen-bond donors (Lipinski definition) is 2. The van der Waals surface area contributed by atoms with Crippen LogP contribution in [0.5, 0.6) is 5.75 Å². The van der Waals surface area contributed by atoms with Crippen molar-refractivity contribution in [3.8, 4) is 5.75 Å². The number of aromatic nitrogens is 1. The Hall–Kier alpha value is -5.57. The van der Waals surface area contributed by atoms with Crippen LogP contribution in [-0.4, -0.2) is 48.3 Å². The van der Waals surface area contributed by atoms with Gasteiger partial charge in [0.2, 0.25) is 11.8 Å². The molecular weight excluding hydrogens is 638 g/mol. The fraction of sp³-hybridized carbons (Fsp3) is 0.233. The first-order valence-electron chi connectivity index (χ1n) is 17.4. The maximum atomic E-state index is 14.2. The molecule has 51 heavy (non-hydrogen) atoms. The summed E-state index contributed by atoms with van der Waals surface area (Å²) in [6.45, 7) is 0.769. The van der Waals surface area contributed by atoms with Crippen molar-refractivity contribution in [2.24, 2.45) is 17.8 Å². The molecule has 1 aliphatic carbocycles. The minimum Gasteiger partial charge on any atom is -0.507 e. The standard InChI is InChI=1S/C43H39N3O5/c1-50-25-29-24-35-41(43(49)46(42(35)48)32-18-16-31(17-19-32)45-30-9-3-2-4-10-30)36-26-51-39(40(29)36)21-15-28(37-13-7-8-22-44-37)23-27-14-20-38(47)34-12-6-5-11-33(27)34/h2-14,16-20,22-23,35-36,39,41,45,47H,15,21,24-26H2,1H3/b28-23-/t35-,36+,39-,41-/m1/s1. The first-order valence-corrected chi connectivity index (χ1v) is 17.4. The van der Waals surface area contributed by atoms with E-state index in [0.717, 1.165) is 50.1 Å². The Balaban J connectivity index is 1.05. The number of rotatable bonds is 10. The quantitative estimate of drug-likeness (QED) is 0.114. The molecule has 3 aliphatic rings. The molecule has 3 heterocycles. The molecule has 0 saturated carbocycles. The molecule has 8 heteroatoms. The zero-order valence-corrected chi connectivity index (χ0v) is 28.4. The largest absolute Gasteiger partial charge is 0.507 e. The van der Waals surface area contributed by atoms with Gasteiger partial charge >= 0.3 is 0 Å². The number of nitrogens with zero attached hydrogens (tertiary/aromatic N) is 2. The lowest BCUT2D eigenvalue weighted by Crippen LogP contribution is -2.35. The molecule has 256 valence electrons.